The molecule has 2 saturated heterocycles. The second-order valence-electron chi connectivity index (χ2n) is 8.29. The maximum atomic E-state index is 13.1. The summed E-state index contributed by atoms with van der Waals surface area (Å²) in [5.41, 5.74) is 0.871. The number of ether oxygens (including phenoxy) is 3. The minimum atomic E-state index is -0.478. The fourth-order valence-corrected chi connectivity index (χ4v) is 4.62. The van der Waals surface area contributed by atoms with Gasteiger partial charge in [-0.25, -0.2) is 4.39 Å². The number of morpholine rings is 1. The van der Waals surface area contributed by atoms with Crippen LogP contribution in [0.5, 0.6) is 11.5 Å². The number of benzene rings is 2. The highest BCUT2D eigenvalue weighted by atomic mass is 32.2. The molecule has 0 saturated carbocycles. The second kappa shape index (κ2) is 12.6. The fourth-order valence-electron chi connectivity index (χ4n) is 3.76. The highest BCUT2D eigenvalue weighted by Crippen LogP contribution is 2.32. The van der Waals surface area contributed by atoms with Crippen LogP contribution in [0, 0.1) is 5.82 Å². The Labute approximate surface area is 222 Å². The van der Waals surface area contributed by atoms with E-state index in [2.05, 4.69) is 5.32 Å². The average Bonchev–Trinajstić information content (AvgIpc) is 3.20. The van der Waals surface area contributed by atoms with Crippen LogP contribution in [-0.4, -0.2) is 85.9 Å². The zero-order valence-corrected chi connectivity index (χ0v) is 21.4. The maximum Gasteiger partial charge on any atom is 0.293 e. The van der Waals surface area contributed by atoms with E-state index < -0.39 is 22.9 Å². The number of carbonyl (C=O) groups is 4. The molecule has 4 amide bonds. The van der Waals surface area contributed by atoms with E-state index in [0.717, 1.165) is 16.7 Å². The van der Waals surface area contributed by atoms with E-state index in [1.165, 1.54) is 55.7 Å². The number of amides is 4. The van der Waals surface area contributed by atoms with Crippen molar-refractivity contribution in [3.63, 3.8) is 0 Å². The fraction of sp³-hybridized carbons (Fsp3) is 0.308. The normalized spacial score (nSPS) is 16.6. The summed E-state index contributed by atoms with van der Waals surface area (Å²) >= 11 is 0.787. The molecule has 0 unspecified atom stereocenters. The molecule has 2 aromatic rings. The van der Waals surface area contributed by atoms with Crippen LogP contribution in [0.15, 0.2) is 47.4 Å². The first-order valence-electron chi connectivity index (χ1n) is 11.8. The van der Waals surface area contributed by atoms with Crippen LogP contribution in [-0.2, 0) is 14.3 Å². The van der Waals surface area contributed by atoms with Crippen LogP contribution in [0.3, 0.4) is 0 Å². The number of imide groups is 1. The summed E-state index contributed by atoms with van der Waals surface area (Å²) in [6.45, 7) is 1.86. The van der Waals surface area contributed by atoms with Gasteiger partial charge in [0.2, 0.25) is 0 Å². The molecule has 200 valence electrons. The van der Waals surface area contributed by atoms with Crippen LogP contribution in [0.1, 0.15) is 15.9 Å². The summed E-state index contributed by atoms with van der Waals surface area (Å²) in [5.74, 6) is -0.885. The number of methoxy groups -OCH3 is 1. The van der Waals surface area contributed by atoms with Crippen molar-refractivity contribution < 1.29 is 37.8 Å². The Morgan fingerprint density at radius 3 is 2.55 bits per heavy atom. The molecule has 0 aliphatic carbocycles. The van der Waals surface area contributed by atoms with Gasteiger partial charge in [-0.2, -0.15) is 0 Å². The van der Waals surface area contributed by atoms with Crippen molar-refractivity contribution in [2.45, 2.75) is 0 Å². The average molecular weight is 544 g/mol. The van der Waals surface area contributed by atoms with Crippen molar-refractivity contribution in [3.05, 3.63) is 64.3 Å². The van der Waals surface area contributed by atoms with Gasteiger partial charge in [-0.15, -0.1) is 0 Å². The molecular formula is C26H26FN3O7S. The predicted octanol–water partition coefficient (Wildman–Crippen LogP) is 2.54. The minimum absolute atomic E-state index is 0.0147. The van der Waals surface area contributed by atoms with Gasteiger partial charge in [0.25, 0.3) is 23.0 Å². The van der Waals surface area contributed by atoms with Gasteiger partial charge in [0.1, 0.15) is 5.82 Å². The molecule has 0 radical (unpaired) electrons. The smallest absolute Gasteiger partial charge is 0.293 e. The van der Waals surface area contributed by atoms with Crippen LogP contribution < -0.4 is 14.8 Å². The number of hydrogen-bond acceptors (Lipinski definition) is 8. The van der Waals surface area contributed by atoms with Crippen LogP contribution >= 0.6 is 11.8 Å². The Bertz CT molecular complexity index is 1250. The van der Waals surface area contributed by atoms with Gasteiger partial charge in [0.15, 0.2) is 18.1 Å². The van der Waals surface area contributed by atoms with Crippen molar-refractivity contribution in [3.8, 4) is 11.5 Å². The summed E-state index contributed by atoms with van der Waals surface area (Å²) in [6.07, 6.45) is 1.52. The predicted molar refractivity (Wildman–Crippen MR) is 137 cm³/mol. The maximum absolute atomic E-state index is 13.1. The van der Waals surface area contributed by atoms with E-state index in [4.69, 9.17) is 14.2 Å². The third-order valence-corrected chi connectivity index (χ3v) is 6.71. The molecule has 0 atom stereocenters. The zero-order chi connectivity index (χ0) is 27.1. The molecule has 2 aliphatic rings. The zero-order valence-electron chi connectivity index (χ0n) is 20.6. The molecule has 10 nitrogen and oxygen atoms in total. The first kappa shape index (κ1) is 27.1. The molecule has 0 spiro atoms. The Morgan fingerprint density at radius 2 is 1.84 bits per heavy atom. The summed E-state index contributed by atoms with van der Waals surface area (Å²) < 4.78 is 29.3. The largest absolute Gasteiger partial charge is 0.493 e. The molecule has 0 aromatic heterocycles. The molecular weight excluding hydrogens is 517 g/mol. The van der Waals surface area contributed by atoms with E-state index in [9.17, 15) is 23.6 Å². The summed E-state index contributed by atoms with van der Waals surface area (Å²) in [7, 11) is 1.42. The Morgan fingerprint density at radius 1 is 1.11 bits per heavy atom. The molecule has 12 heteroatoms. The summed E-state index contributed by atoms with van der Waals surface area (Å²) in [6, 6.07) is 10.1. The number of rotatable bonds is 9. The summed E-state index contributed by atoms with van der Waals surface area (Å²) in [4.78, 5) is 52.8. The molecule has 2 heterocycles. The van der Waals surface area contributed by atoms with Gasteiger partial charge < -0.3 is 24.4 Å². The lowest BCUT2D eigenvalue weighted by atomic mass is 10.2. The van der Waals surface area contributed by atoms with E-state index in [-0.39, 0.29) is 41.8 Å². The standard InChI is InChI=1S/C26H26FN3O7S/c1-35-21-15-18(4-7-20(21)37-16-23(31)29-10-12-36-13-11-29)24(32)28-8-9-30-25(33)22(38-26(30)34)14-17-2-5-19(27)6-3-17/h2-7,14-15H,8-13,16H2,1H3,(H,28,32)/b22-14+. The topological polar surface area (TPSA) is 114 Å². The van der Waals surface area contributed by atoms with Crippen molar-refractivity contribution >= 4 is 40.8 Å². The third kappa shape index (κ3) is 6.69. The highest BCUT2D eigenvalue weighted by Gasteiger charge is 2.34. The van der Waals surface area contributed by atoms with Crippen LogP contribution in [0.4, 0.5) is 9.18 Å². The third-order valence-electron chi connectivity index (χ3n) is 5.80. The monoisotopic (exact) mass is 543 g/mol. The molecule has 4 rings (SSSR count). The summed E-state index contributed by atoms with van der Waals surface area (Å²) in [5, 5.41) is 2.23. The van der Waals surface area contributed by atoms with Gasteiger partial charge >= 0.3 is 0 Å². The highest BCUT2D eigenvalue weighted by molar-refractivity contribution is 8.18. The number of thioether (sulfide) groups is 1. The van der Waals surface area contributed by atoms with Gasteiger partial charge in [-0.05, 0) is 53.7 Å². The van der Waals surface area contributed by atoms with Crippen LogP contribution in [0.25, 0.3) is 6.08 Å². The second-order valence-corrected chi connectivity index (χ2v) is 9.28. The van der Waals surface area contributed by atoms with E-state index in [0.29, 0.717) is 37.6 Å². The Balaban J connectivity index is 1.29. The lowest BCUT2D eigenvalue weighted by Crippen LogP contribution is -2.43. The van der Waals surface area contributed by atoms with Crippen molar-refractivity contribution in [2.24, 2.45) is 0 Å². The number of nitrogens with zero attached hydrogens (tertiary/aromatic N) is 2. The Kier molecular flexibility index (Phi) is 8.98. The minimum Gasteiger partial charge on any atom is -0.493 e. The van der Waals surface area contributed by atoms with Gasteiger partial charge in [0, 0.05) is 31.7 Å². The van der Waals surface area contributed by atoms with Crippen molar-refractivity contribution in [1.82, 2.24) is 15.1 Å². The SMILES string of the molecule is COc1cc(C(=O)NCCN2C(=O)S/C(=C/c3ccc(F)cc3)C2=O)ccc1OCC(=O)N1CCOCC1. The van der Waals surface area contributed by atoms with Crippen molar-refractivity contribution in [1.29, 1.82) is 0 Å². The molecule has 38 heavy (non-hydrogen) atoms. The van der Waals surface area contributed by atoms with Gasteiger partial charge in [0.05, 0.1) is 25.2 Å². The number of nitrogens with one attached hydrogen (secondary N) is 1. The molecule has 1 N–H and O–H groups in total. The number of carbonyl (C=O) groups excluding carboxylic acids is 4. The molecule has 2 aliphatic heterocycles. The molecule has 2 aromatic carbocycles. The first-order chi connectivity index (χ1) is 18.4. The van der Waals surface area contributed by atoms with Crippen molar-refractivity contribution in [2.75, 3.05) is 53.1 Å². The van der Waals surface area contributed by atoms with Gasteiger partial charge in [-0.1, -0.05) is 12.1 Å². The number of halogens is 1. The lowest BCUT2D eigenvalue weighted by Gasteiger charge is -2.26. The number of hydrogen-bond donors (Lipinski definition) is 1. The molecule has 0 bridgehead atoms. The quantitative estimate of drug-likeness (QED) is 0.480. The van der Waals surface area contributed by atoms with Crippen LogP contribution in [0.2, 0.25) is 0 Å². The van der Waals surface area contributed by atoms with E-state index in [1.807, 2.05) is 0 Å². The first-order valence-corrected chi connectivity index (χ1v) is 12.6. The van der Waals surface area contributed by atoms with E-state index in [1.54, 1.807) is 4.90 Å². The lowest BCUT2D eigenvalue weighted by molar-refractivity contribution is -0.137. The van der Waals surface area contributed by atoms with Gasteiger partial charge in [-0.3, -0.25) is 24.1 Å². The molecule has 2 fully saturated rings. The Hall–Kier alpha value is -3.90. The van der Waals surface area contributed by atoms with E-state index >= 15 is 0 Å².